The first-order valence-corrected chi connectivity index (χ1v) is 8.72. The Labute approximate surface area is 123 Å². The van der Waals surface area contributed by atoms with Crippen molar-refractivity contribution in [1.82, 2.24) is 5.32 Å². The van der Waals surface area contributed by atoms with E-state index >= 15 is 0 Å². The van der Waals surface area contributed by atoms with Gasteiger partial charge < -0.3 is 5.32 Å². The monoisotopic (exact) mass is 275 g/mol. The number of nitrogens with one attached hydrogen (secondary N) is 1. The molecular formula is C18H29NO. The van der Waals surface area contributed by atoms with Gasteiger partial charge in [-0.25, -0.2) is 0 Å². The van der Waals surface area contributed by atoms with Crippen molar-refractivity contribution in [3.05, 3.63) is 0 Å². The van der Waals surface area contributed by atoms with Gasteiger partial charge in [0, 0.05) is 12.0 Å². The van der Waals surface area contributed by atoms with Gasteiger partial charge in [-0.05, 0) is 67.1 Å². The van der Waals surface area contributed by atoms with E-state index in [0.29, 0.717) is 34.6 Å². The van der Waals surface area contributed by atoms with Crippen LogP contribution in [0.25, 0.3) is 0 Å². The van der Waals surface area contributed by atoms with Crippen molar-refractivity contribution in [1.29, 1.82) is 0 Å². The largest absolute Gasteiger partial charge is 0.353 e. The van der Waals surface area contributed by atoms with Crippen LogP contribution in [0.5, 0.6) is 0 Å². The summed E-state index contributed by atoms with van der Waals surface area (Å²) in [4.78, 5) is 12.7. The summed E-state index contributed by atoms with van der Waals surface area (Å²) in [6.45, 7) is 7.27. The molecule has 0 saturated heterocycles. The lowest BCUT2D eigenvalue weighted by atomic mass is 9.69. The summed E-state index contributed by atoms with van der Waals surface area (Å²) in [5, 5.41) is 3.49. The van der Waals surface area contributed by atoms with Crippen LogP contribution < -0.4 is 5.32 Å². The van der Waals surface area contributed by atoms with Crippen LogP contribution in [-0.2, 0) is 4.79 Å². The quantitative estimate of drug-likeness (QED) is 0.817. The Morgan fingerprint density at radius 2 is 1.85 bits per heavy atom. The van der Waals surface area contributed by atoms with E-state index in [9.17, 15) is 4.79 Å². The van der Waals surface area contributed by atoms with E-state index in [4.69, 9.17) is 0 Å². The Hall–Kier alpha value is -0.530. The first kappa shape index (κ1) is 13.2. The minimum absolute atomic E-state index is 0.324. The molecular weight excluding hydrogens is 246 g/mol. The van der Waals surface area contributed by atoms with E-state index in [1.807, 2.05) is 0 Å². The second kappa shape index (κ2) is 4.01. The molecule has 0 radical (unpaired) electrons. The fourth-order valence-corrected chi connectivity index (χ4v) is 6.27. The highest BCUT2D eigenvalue weighted by molar-refractivity contribution is 5.80. The van der Waals surface area contributed by atoms with Gasteiger partial charge in [0.1, 0.15) is 0 Å². The minimum Gasteiger partial charge on any atom is -0.353 e. The second-order valence-electron chi connectivity index (χ2n) is 8.95. The molecule has 2 heteroatoms. The van der Waals surface area contributed by atoms with E-state index < -0.39 is 0 Å². The molecule has 0 aliphatic heterocycles. The van der Waals surface area contributed by atoms with Crippen molar-refractivity contribution in [3.8, 4) is 0 Å². The Balaban J connectivity index is 1.47. The van der Waals surface area contributed by atoms with Gasteiger partial charge in [-0.15, -0.1) is 0 Å². The number of carbonyl (C=O) groups excluding carboxylic acids is 1. The molecule has 1 N–H and O–H groups in total. The SMILES string of the molecule is CC1(C)C2CCC1(C)C(NC(=O)C1CC3CCC1C3)C2. The highest BCUT2D eigenvalue weighted by Gasteiger charge is 2.61. The van der Waals surface area contributed by atoms with Gasteiger partial charge in [0.15, 0.2) is 0 Å². The van der Waals surface area contributed by atoms with Crippen molar-refractivity contribution < 1.29 is 4.79 Å². The van der Waals surface area contributed by atoms with Crippen LogP contribution in [0.2, 0.25) is 0 Å². The average molecular weight is 275 g/mol. The minimum atomic E-state index is 0.324. The zero-order valence-corrected chi connectivity index (χ0v) is 13.2. The van der Waals surface area contributed by atoms with Gasteiger partial charge >= 0.3 is 0 Å². The van der Waals surface area contributed by atoms with E-state index in [1.54, 1.807) is 0 Å². The first-order chi connectivity index (χ1) is 9.42. The summed E-state index contributed by atoms with van der Waals surface area (Å²) in [6, 6.07) is 0.433. The molecule has 4 rings (SSSR count). The Morgan fingerprint density at radius 3 is 2.35 bits per heavy atom. The molecule has 4 fully saturated rings. The fourth-order valence-electron chi connectivity index (χ4n) is 6.27. The van der Waals surface area contributed by atoms with Crippen LogP contribution in [0, 0.1) is 34.5 Å². The smallest absolute Gasteiger partial charge is 0.223 e. The summed E-state index contributed by atoms with van der Waals surface area (Å²) >= 11 is 0. The van der Waals surface area contributed by atoms with Crippen LogP contribution in [-0.4, -0.2) is 11.9 Å². The number of hydrogen-bond donors (Lipinski definition) is 1. The standard InChI is InChI=1S/C18H29NO/c1-17(2)13-6-7-18(17,3)15(10-13)19-16(20)14-9-11-4-5-12(14)8-11/h11-15H,4-10H2,1-3H3,(H,19,20). The average Bonchev–Trinajstić information content (AvgIpc) is 3.10. The van der Waals surface area contributed by atoms with Crippen molar-refractivity contribution in [2.45, 2.75) is 71.8 Å². The zero-order valence-electron chi connectivity index (χ0n) is 13.2. The molecule has 0 aromatic heterocycles. The topological polar surface area (TPSA) is 29.1 Å². The lowest BCUT2D eigenvalue weighted by Crippen LogP contribution is -2.49. The molecule has 1 amide bonds. The number of rotatable bonds is 2. The molecule has 4 bridgehead atoms. The molecule has 4 aliphatic rings. The number of hydrogen-bond acceptors (Lipinski definition) is 1. The lowest BCUT2D eigenvalue weighted by molar-refractivity contribution is -0.128. The third-order valence-corrected chi connectivity index (χ3v) is 8.19. The maximum Gasteiger partial charge on any atom is 0.223 e. The van der Waals surface area contributed by atoms with Gasteiger partial charge in [-0.2, -0.15) is 0 Å². The molecule has 6 unspecified atom stereocenters. The molecule has 112 valence electrons. The molecule has 2 nitrogen and oxygen atoms in total. The highest BCUT2D eigenvalue weighted by atomic mass is 16.2. The molecule has 0 spiro atoms. The summed E-state index contributed by atoms with van der Waals surface area (Å²) in [6.07, 6.45) is 9.07. The third kappa shape index (κ3) is 1.54. The second-order valence-corrected chi connectivity index (χ2v) is 8.95. The maximum absolute atomic E-state index is 12.7. The van der Waals surface area contributed by atoms with Crippen molar-refractivity contribution in [2.75, 3.05) is 0 Å². The predicted molar refractivity (Wildman–Crippen MR) is 80.1 cm³/mol. The zero-order chi connectivity index (χ0) is 14.1. The number of fused-ring (bicyclic) bond motifs is 4. The first-order valence-electron chi connectivity index (χ1n) is 8.72. The van der Waals surface area contributed by atoms with Crippen molar-refractivity contribution in [2.24, 2.45) is 34.5 Å². The Kier molecular flexibility index (Phi) is 2.64. The van der Waals surface area contributed by atoms with Crippen LogP contribution in [0.4, 0.5) is 0 Å². The molecule has 0 aromatic carbocycles. The predicted octanol–water partition coefficient (Wildman–Crippen LogP) is 3.75. The third-order valence-electron chi connectivity index (χ3n) is 8.19. The van der Waals surface area contributed by atoms with E-state index in [0.717, 1.165) is 11.8 Å². The summed E-state index contributed by atoms with van der Waals surface area (Å²) in [5.41, 5.74) is 0.727. The maximum atomic E-state index is 12.7. The molecule has 20 heavy (non-hydrogen) atoms. The lowest BCUT2D eigenvalue weighted by Gasteiger charge is -2.40. The summed E-state index contributed by atoms with van der Waals surface area (Å²) in [5.74, 6) is 3.13. The summed E-state index contributed by atoms with van der Waals surface area (Å²) in [7, 11) is 0. The van der Waals surface area contributed by atoms with E-state index in [2.05, 4.69) is 26.1 Å². The van der Waals surface area contributed by atoms with Crippen molar-refractivity contribution >= 4 is 5.91 Å². The Bertz CT molecular complexity index is 443. The van der Waals surface area contributed by atoms with Crippen LogP contribution in [0.3, 0.4) is 0 Å². The summed E-state index contributed by atoms with van der Waals surface area (Å²) < 4.78 is 0. The molecule has 0 aromatic rings. The molecule has 4 aliphatic carbocycles. The Morgan fingerprint density at radius 1 is 1.05 bits per heavy atom. The van der Waals surface area contributed by atoms with Gasteiger partial charge in [0.05, 0.1) is 0 Å². The highest BCUT2D eigenvalue weighted by Crippen LogP contribution is 2.65. The van der Waals surface area contributed by atoms with Crippen LogP contribution in [0.1, 0.15) is 65.7 Å². The number of amides is 1. The van der Waals surface area contributed by atoms with E-state index in [-0.39, 0.29) is 0 Å². The normalized spacial score (nSPS) is 51.6. The molecule has 6 atom stereocenters. The van der Waals surface area contributed by atoms with E-state index in [1.165, 1.54) is 44.9 Å². The number of carbonyl (C=O) groups is 1. The van der Waals surface area contributed by atoms with Crippen LogP contribution >= 0.6 is 0 Å². The fraction of sp³-hybridized carbons (Fsp3) is 0.944. The molecule has 0 heterocycles. The van der Waals surface area contributed by atoms with Gasteiger partial charge in [-0.3, -0.25) is 4.79 Å². The van der Waals surface area contributed by atoms with Gasteiger partial charge in [0.25, 0.3) is 0 Å². The molecule has 4 saturated carbocycles. The van der Waals surface area contributed by atoms with Crippen LogP contribution in [0.15, 0.2) is 0 Å². The van der Waals surface area contributed by atoms with Gasteiger partial charge in [-0.1, -0.05) is 27.2 Å². The van der Waals surface area contributed by atoms with Crippen molar-refractivity contribution in [3.63, 3.8) is 0 Å². The van der Waals surface area contributed by atoms with Gasteiger partial charge in [0.2, 0.25) is 5.91 Å².